The van der Waals surface area contributed by atoms with Crippen LogP contribution in [0.15, 0.2) is 17.1 Å². The quantitative estimate of drug-likeness (QED) is 0.479. The van der Waals surface area contributed by atoms with Gasteiger partial charge in [-0.2, -0.15) is 0 Å². The number of methoxy groups -OCH3 is 1. The summed E-state index contributed by atoms with van der Waals surface area (Å²) in [5.41, 5.74) is 0. The van der Waals surface area contributed by atoms with Crippen LogP contribution in [-0.4, -0.2) is 64.0 Å². The molecule has 5 nitrogen and oxygen atoms in total. The van der Waals surface area contributed by atoms with Gasteiger partial charge < -0.3 is 19.7 Å². The Labute approximate surface area is 122 Å². The van der Waals surface area contributed by atoms with E-state index in [2.05, 4.69) is 27.4 Å². The van der Waals surface area contributed by atoms with Gasteiger partial charge in [-0.3, -0.25) is 4.99 Å². The summed E-state index contributed by atoms with van der Waals surface area (Å²) in [5, 5.41) is 3.52. The van der Waals surface area contributed by atoms with E-state index >= 15 is 0 Å². The molecule has 1 N–H and O–H groups in total. The zero-order chi connectivity index (χ0) is 14.2. The van der Waals surface area contributed by atoms with Gasteiger partial charge in [-0.15, -0.1) is 0 Å². The predicted octanol–water partition coefficient (Wildman–Crippen LogP) is 1.27. The summed E-state index contributed by atoms with van der Waals surface area (Å²) in [5.74, 6) is 1.72. The van der Waals surface area contributed by atoms with Crippen LogP contribution in [0.5, 0.6) is 0 Å². The Morgan fingerprint density at radius 1 is 1.50 bits per heavy atom. The fourth-order valence-electron chi connectivity index (χ4n) is 2.81. The summed E-state index contributed by atoms with van der Waals surface area (Å²) < 4.78 is 10.9. The Morgan fingerprint density at radius 3 is 3.10 bits per heavy atom. The predicted molar refractivity (Wildman–Crippen MR) is 81.0 cm³/mol. The summed E-state index contributed by atoms with van der Waals surface area (Å²) >= 11 is 0. The van der Waals surface area contributed by atoms with Crippen molar-refractivity contribution in [1.82, 2.24) is 10.2 Å². The third-order valence-corrected chi connectivity index (χ3v) is 3.93. The van der Waals surface area contributed by atoms with Crippen molar-refractivity contribution in [1.29, 1.82) is 0 Å². The van der Waals surface area contributed by atoms with Gasteiger partial charge in [-0.05, 0) is 25.2 Å². The number of aliphatic imine (C=N–C) groups is 1. The lowest BCUT2D eigenvalue weighted by molar-refractivity contribution is -0.0447. The number of morpholine rings is 1. The van der Waals surface area contributed by atoms with Crippen LogP contribution >= 0.6 is 0 Å². The molecule has 1 aliphatic carbocycles. The highest BCUT2D eigenvalue weighted by molar-refractivity contribution is 5.80. The molecule has 5 heteroatoms. The van der Waals surface area contributed by atoms with Crippen LogP contribution in [0, 0.1) is 5.92 Å². The molecule has 2 unspecified atom stereocenters. The number of rotatable bonds is 4. The van der Waals surface area contributed by atoms with Gasteiger partial charge in [0.2, 0.25) is 0 Å². The standard InChI is InChI=1S/C15H27N3O2/c1-16-15(17-10-13-6-4-3-5-7-13)18-8-9-20-14(11-18)12-19-2/h3-4,13-14H,5-12H2,1-2H3,(H,16,17). The summed E-state index contributed by atoms with van der Waals surface area (Å²) in [4.78, 5) is 6.68. The van der Waals surface area contributed by atoms with Crippen LogP contribution < -0.4 is 5.32 Å². The number of ether oxygens (including phenoxy) is 2. The maximum Gasteiger partial charge on any atom is 0.193 e. The molecule has 1 aliphatic heterocycles. The first-order valence-electron chi connectivity index (χ1n) is 7.54. The van der Waals surface area contributed by atoms with Crippen LogP contribution in [0.4, 0.5) is 0 Å². The van der Waals surface area contributed by atoms with Gasteiger partial charge in [0.1, 0.15) is 0 Å². The highest BCUT2D eigenvalue weighted by Crippen LogP contribution is 2.17. The smallest absolute Gasteiger partial charge is 0.193 e. The van der Waals surface area contributed by atoms with E-state index < -0.39 is 0 Å². The zero-order valence-corrected chi connectivity index (χ0v) is 12.7. The highest BCUT2D eigenvalue weighted by Gasteiger charge is 2.23. The van der Waals surface area contributed by atoms with Crippen LogP contribution in [0.2, 0.25) is 0 Å². The first-order valence-corrected chi connectivity index (χ1v) is 7.54. The van der Waals surface area contributed by atoms with Gasteiger partial charge >= 0.3 is 0 Å². The van der Waals surface area contributed by atoms with E-state index in [0.717, 1.165) is 38.1 Å². The molecule has 1 saturated heterocycles. The highest BCUT2D eigenvalue weighted by atomic mass is 16.5. The summed E-state index contributed by atoms with van der Waals surface area (Å²) in [6, 6.07) is 0. The zero-order valence-electron chi connectivity index (χ0n) is 12.7. The van der Waals surface area contributed by atoms with Crippen LogP contribution in [0.1, 0.15) is 19.3 Å². The molecule has 20 heavy (non-hydrogen) atoms. The minimum atomic E-state index is 0.143. The molecule has 2 atom stereocenters. The van der Waals surface area contributed by atoms with Gasteiger partial charge in [0.05, 0.1) is 19.3 Å². The van der Waals surface area contributed by atoms with Crippen molar-refractivity contribution in [3.63, 3.8) is 0 Å². The molecule has 1 fully saturated rings. The Bertz CT molecular complexity index is 342. The first-order chi connectivity index (χ1) is 9.83. The monoisotopic (exact) mass is 281 g/mol. The Hall–Kier alpha value is -1.07. The lowest BCUT2D eigenvalue weighted by atomic mass is 9.94. The van der Waals surface area contributed by atoms with Crippen LogP contribution in [-0.2, 0) is 9.47 Å². The lowest BCUT2D eigenvalue weighted by Gasteiger charge is -2.35. The van der Waals surface area contributed by atoms with Crippen molar-refractivity contribution in [3.05, 3.63) is 12.2 Å². The second-order valence-corrected chi connectivity index (χ2v) is 5.47. The molecule has 0 aromatic heterocycles. The van der Waals surface area contributed by atoms with Crippen molar-refractivity contribution in [2.24, 2.45) is 10.9 Å². The molecule has 0 spiro atoms. The molecule has 1 heterocycles. The minimum Gasteiger partial charge on any atom is -0.382 e. The lowest BCUT2D eigenvalue weighted by Crippen LogP contribution is -2.52. The fraction of sp³-hybridized carbons (Fsp3) is 0.800. The Morgan fingerprint density at radius 2 is 2.40 bits per heavy atom. The number of nitrogens with zero attached hydrogens (tertiary/aromatic N) is 2. The number of hydrogen-bond acceptors (Lipinski definition) is 3. The molecule has 0 saturated carbocycles. The Kier molecular flexibility index (Phi) is 6.33. The van der Waals surface area contributed by atoms with E-state index in [1.807, 2.05) is 7.05 Å². The molecule has 0 bridgehead atoms. The van der Waals surface area contributed by atoms with Crippen molar-refractivity contribution in [2.45, 2.75) is 25.4 Å². The third-order valence-electron chi connectivity index (χ3n) is 3.93. The normalized spacial score (nSPS) is 27.7. The van der Waals surface area contributed by atoms with E-state index in [-0.39, 0.29) is 6.10 Å². The molecule has 0 radical (unpaired) electrons. The van der Waals surface area contributed by atoms with Crippen molar-refractivity contribution >= 4 is 5.96 Å². The maximum absolute atomic E-state index is 5.68. The molecule has 0 aromatic carbocycles. The summed E-state index contributed by atoms with van der Waals surface area (Å²) in [7, 11) is 3.57. The average molecular weight is 281 g/mol. The molecule has 0 aromatic rings. The minimum absolute atomic E-state index is 0.143. The number of allylic oxidation sites excluding steroid dienone is 2. The van der Waals surface area contributed by atoms with Gasteiger partial charge in [-0.1, -0.05) is 12.2 Å². The van der Waals surface area contributed by atoms with E-state index in [1.54, 1.807) is 7.11 Å². The second-order valence-electron chi connectivity index (χ2n) is 5.47. The van der Waals surface area contributed by atoms with Crippen molar-refractivity contribution < 1.29 is 9.47 Å². The van der Waals surface area contributed by atoms with E-state index in [1.165, 1.54) is 19.3 Å². The first kappa shape index (κ1) is 15.3. The summed E-state index contributed by atoms with van der Waals surface area (Å²) in [6.07, 6.45) is 8.38. The molecular weight excluding hydrogens is 254 g/mol. The summed E-state index contributed by atoms with van der Waals surface area (Å²) in [6.45, 7) is 4.12. The van der Waals surface area contributed by atoms with Gasteiger partial charge in [0, 0.05) is 33.8 Å². The maximum atomic E-state index is 5.68. The molecule has 114 valence electrons. The van der Waals surface area contributed by atoms with Gasteiger partial charge in [0.15, 0.2) is 5.96 Å². The van der Waals surface area contributed by atoms with Crippen molar-refractivity contribution in [3.8, 4) is 0 Å². The molecule has 2 rings (SSSR count). The van der Waals surface area contributed by atoms with Gasteiger partial charge in [0.25, 0.3) is 0 Å². The van der Waals surface area contributed by atoms with E-state index in [9.17, 15) is 0 Å². The SMILES string of the molecule is CN=C(NCC1CC=CCC1)N1CCOC(COC)C1. The van der Waals surface area contributed by atoms with Crippen LogP contribution in [0.3, 0.4) is 0 Å². The average Bonchev–Trinajstić information content (AvgIpc) is 2.50. The number of guanidine groups is 1. The third kappa shape index (κ3) is 4.49. The van der Waals surface area contributed by atoms with Crippen molar-refractivity contribution in [2.75, 3.05) is 47.0 Å². The van der Waals surface area contributed by atoms with E-state index in [0.29, 0.717) is 6.61 Å². The number of hydrogen-bond donors (Lipinski definition) is 1. The Balaban J connectivity index is 1.80. The van der Waals surface area contributed by atoms with Gasteiger partial charge in [-0.25, -0.2) is 0 Å². The molecule has 2 aliphatic rings. The second kappa shape index (κ2) is 8.27. The molecule has 0 amide bonds. The fourth-order valence-corrected chi connectivity index (χ4v) is 2.81. The van der Waals surface area contributed by atoms with Crippen LogP contribution in [0.25, 0.3) is 0 Å². The van der Waals surface area contributed by atoms with E-state index in [4.69, 9.17) is 9.47 Å². The number of nitrogens with one attached hydrogen (secondary N) is 1. The largest absolute Gasteiger partial charge is 0.382 e. The topological polar surface area (TPSA) is 46.1 Å². The molecular formula is C15H27N3O2.